The van der Waals surface area contributed by atoms with Crippen molar-refractivity contribution in [1.29, 1.82) is 5.41 Å². The van der Waals surface area contributed by atoms with E-state index in [1.807, 2.05) is 18.2 Å². The number of hydrogen-bond acceptors (Lipinski definition) is 3. The summed E-state index contributed by atoms with van der Waals surface area (Å²) in [6.45, 7) is 4.30. The van der Waals surface area contributed by atoms with Crippen molar-refractivity contribution >= 4 is 28.9 Å². The molecule has 0 unspecified atom stereocenters. The number of carbonyl (C=O) groups is 1. The summed E-state index contributed by atoms with van der Waals surface area (Å²) < 4.78 is 0. The first-order valence-corrected chi connectivity index (χ1v) is 6.27. The summed E-state index contributed by atoms with van der Waals surface area (Å²) in [4.78, 5) is 12.0. The van der Waals surface area contributed by atoms with E-state index in [1.165, 1.54) is 5.56 Å². The highest BCUT2D eigenvalue weighted by molar-refractivity contribution is 8.18. The van der Waals surface area contributed by atoms with Crippen LogP contribution in [0.25, 0.3) is 6.08 Å². The van der Waals surface area contributed by atoms with Crippen LogP contribution in [0.1, 0.15) is 30.9 Å². The summed E-state index contributed by atoms with van der Waals surface area (Å²) in [6, 6.07) is 8.13. The molecule has 0 saturated carbocycles. The first kappa shape index (κ1) is 11.9. The standard InChI is InChI=1S/C13H14N2OS/c1-8(2)10-5-3-9(4-6-10)7-11-12(16)15-13(14)17-11/h3-8H,1-2H3,(H2,14,15,16)/b11-7+. The van der Waals surface area contributed by atoms with Gasteiger partial charge in [-0.05, 0) is 34.9 Å². The summed E-state index contributed by atoms with van der Waals surface area (Å²) in [6.07, 6.45) is 1.81. The molecule has 1 heterocycles. The van der Waals surface area contributed by atoms with Gasteiger partial charge >= 0.3 is 0 Å². The van der Waals surface area contributed by atoms with Crippen molar-refractivity contribution in [3.05, 3.63) is 40.3 Å². The lowest BCUT2D eigenvalue weighted by atomic mass is 10.0. The third-order valence-corrected chi connectivity index (χ3v) is 3.39. The molecule has 4 heteroatoms. The van der Waals surface area contributed by atoms with Crippen LogP contribution in [-0.4, -0.2) is 11.1 Å². The predicted octanol–water partition coefficient (Wildman–Crippen LogP) is 2.95. The van der Waals surface area contributed by atoms with Crippen molar-refractivity contribution in [1.82, 2.24) is 5.32 Å². The monoisotopic (exact) mass is 246 g/mol. The topological polar surface area (TPSA) is 53.0 Å². The Bertz CT molecular complexity index is 489. The molecular formula is C13H14N2OS. The third-order valence-electron chi connectivity index (χ3n) is 2.56. The molecule has 3 nitrogen and oxygen atoms in total. The maximum Gasteiger partial charge on any atom is 0.264 e. The summed E-state index contributed by atoms with van der Waals surface area (Å²) in [5.41, 5.74) is 2.27. The lowest BCUT2D eigenvalue weighted by Gasteiger charge is -2.04. The van der Waals surface area contributed by atoms with Crippen molar-refractivity contribution in [3.8, 4) is 0 Å². The summed E-state index contributed by atoms with van der Waals surface area (Å²) >= 11 is 1.16. The molecule has 88 valence electrons. The summed E-state index contributed by atoms with van der Waals surface area (Å²) in [5, 5.41) is 10.0. The van der Waals surface area contributed by atoms with Crippen LogP contribution in [0.5, 0.6) is 0 Å². The van der Waals surface area contributed by atoms with Crippen molar-refractivity contribution in [2.24, 2.45) is 0 Å². The van der Waals surface area contributed by atoms with Crippen LogP contribution in [0.3, 0.4) is 0 Å². The normalized spacial score (nSPS) is 17.9. The molecule has 1 amide bonds. The quantitative estimate of drug-likeness (QED) is 0.788. The Kier molecular flexibility index (Phi) is 3.33. The first-order chi connectivity index (χ1) is 8.06. The van der Waals surface area contributed by atoms with Gasteiger partial charge in [0.05, 0.1) is 4.91 Å². The van der Waals surface area contributed by atoms with Crippen LogP contribution in [0, 0.1) is 5.41 Å². The number of benzene rings is 1. The molecule has 1 saturated heterocycles. The van der Waals surface area contributed by atoms with Crippen LogP contribution < -0.4 is 5.32 Å². The molecule has 0 aromatic heterocycles. The molecule has 0 spiro atoms. The number of thioether (sulfide) groups is 1. The van der Waals surface area contributed by atoms with Crippen LogP contribution in [0.4, 0.5) is 0 Å². The SMILES string of the molecule is CC(C)c1ccc(/C=C2/SC(=N)NC2=O)cc1. The molecule has 1 aromatic rings. The van der Waals surface area contributed by atoms with Crippen molar-refractivity contribution in [3.63, 3.8) is 0 Å². The van der Waals surface area contributed by atoms with Gasteiger partial charge in [0.25, 0.3) is 5.91 Å². The molecule has 1 aromatic carbocycles. The van der Waals surface area contributed by atoms with E-state index < -0.39 is 0 Å². The number of hydrogen-bond donors (Lipinski definition) is 2. The van der Waals surface area contributed by atoms with Gasteiger partial charge in [0.2, 0.25) is 0 Å². The van der Waals surface area contributed by atoms with E-state index in [1.54, 1.807) is 0 Å². The number of rotatable bonds is 2. The predicted molar refractivity (Wildman–Crippen MR) is 72.0 cm³/mol. The van der Waals surface area contributed by atoms with Gasteiger partial charge in [0.15, 0.2) is 5.17 Å². The Labute approximate surface area is 105 Å². The first-order valence-electron chi connectivity index (χ1n) is 5.45. The highest BCUT2D eigenvalue weighted by Crippen LogP contribution is 2.25. The number of amidine groups is 1. The van der Waals surface area contributed by atoms with Crippen LogP contribution >= 0.6 is 11.8 Å². The lowest BCUT2D eigenvalue weighted by Crippen LogP contribution is -2.18. The van der Waals surface area contributed by atoms with Gasteiger partial charge in [0, 0.05) is 0 Å². The smallest absolute Gasteiger partial charge is 0.264 e. The fourth-order valence-electron chi connectivity index (χ4n) is 1.57. The third kappa shape index (κ3) is 2.77. The molecule has 0 aliphatic carbocycles. The lowest BCUT2D eigenvalue weighted by molar-refractivity contribution is -0.115. The van der Waals surface area contributed by atoms with Crippen molar-refractivity contribution in [2.45, 2.75) is 19.8 Å². The average Bonchev–Trinajstić information content (AvgIpc) is 2.58. The average molecular weight is 246 g/mol. The van der Waals surface area contributed by atoms with E-state index in [2.05, 4.69) is 31.3 Å². The van der Waals surface area contributed by atoms with Crippen LogP contribution in [0.2, 0.25) is 0 Å². The van der Waals surface area contributed by atoms with E-state index in [-0.39, 0.29) is 11.1 Å². The van der Waals surface area contributed by atoms with E-state index in [4.69, 9.17) is 5.41 Å². The van der Waals surface area contributed by atoms with Crippen LogP contribution in [-0.2, 0) is 4.79 Å². The van der Waals surface area contributed by atoms with Crippen LogP contribution in [0.15, 0.2) is 29.2 Å². The van der Waals surface area contributed by atoms with Gasteiger partial charge in [-0.25, -0.2) is 0 Å². The second-order valence-corrected chi connectivity index (χ2v) is 5.27. The van der Waals surface area contributed by atoms with Gasteiger partial charge in [0.1, 0.15) is 0 Å². The molecule has 0 atom stereocenters. The minimum atomic E-state index is -0.187. The highest BCUT2D eigenvalue weighted by Gasteiger charge is 2.21. The zero-order chi connectivity index (χ0) is 12.4. The second-order valence-electron chi connectivity index (χ2n) is 4.22. The molecule has 2 rings (SSSR count). The Morgan fingerprint density at radius 3 is 2.41 bits per heavy atom. The zero-order valence-electron chi connectivity index (χ0n) is 9.78. The van der Waals surface area contributed by atoms with Gasteiger partial charge in [-0.3, -0.25) is 10.2 Å². The molecule has 1 aliphatic rings. The maximum atomic E-state index is 11.4. The fraction of sp³-hybridized carbons (Fsp3) is 0.231. The van der Waals surface area contributed by atoms with Gasteiger partial charge in [-0.2, -0.15) is 0 Å². The molecule has 2 N–H and O–H groups in total. The zero-order valence-corrected chi connectivity index (χ0v) is 10.6. The van der Waals surface area contributed by atoms with E-state index in [9.17, 15) is 4.79 Å². The van der Waals surface area contributed by atoms with Gasteiger partial charge < -0.3 is 5.32 Å². The Balaban J connectivity index is 2.21. The summed E-state index contributed by atoms with van der Waals surface area (Å²) in [5.74, 6) is 0.321. The number of amides is 1. The van der Waals surface area contributed by atoms with Crippen molar-refractivity contribution in [2.75, 3.05) is 0 Å². The van der Waals surface area contributed by atoms with E-state index in [0.717, 1.165) is 17.3 Å². The minimum absolute atomic E-state index is 0.187. The van der Waals surface area contributed by atoms with Gasteiger partial charge in [-0.15, -0.1) is 0 Å². The fourth-order valence-corrected chi connectivity index (χ4v) is 2.27. The highest BCUT2D eigenvalue weighted by atomic mass is 32.2. The Morgan fingerprint density at radius 2 is 1.94 bits per heavy atom. The van der Waals surface area contributed by atoms with E-state index in [0.29, 0.717) is 10.8 Å². The van der Waals surface area contributed by atoms with Gasteiger partial charge in [-0.1, -0.05) is 38.1 Å². The van der Waals surface area contributed by atoms with E-state index >= 15 is 0 Å². The molecular weight excluding hydrogens is 232 g/mol. The maximum absolute atomic E-state index is 11.4. The molecule has 0 bridgehead atoms. The second kappa shape index (κ2) is 4.75. The molecule has 1 aliphatic heterocycles. The Morgan fingerprint density at radius 1 is 1.29 bits per heavy atom. The Hall–Kier alpha value is -1.55. The van der Waals surface area contributed by atoms with Crippen molar-refractivity contribution < 1.29 is 4.79 Å². The molecule has 1 fully saturated rings. The minimum Gasteiger partial charge on any atom is -0.301 e. The number of carbonyl (C=O) groups excluding carboxylic acids is 1. The summed E-state index contributed by atoms with van der Waals surface area (Å²) in [7, 11) is 0. The number of nitrogens with one attached hydrogen (secondary N) is 2. The molecule has 17 heavy (non-hydrogen) atoms. The molecule has 0 radical (unpaired) electrons. The largest absolute Gasteiger partial charge is 0.301 e.